The lowest BCUT2D eigenvalue weighted by Gasteiger charge is -2.24. The van der Waals surface area contributed by atoms with Gasteiger partial charge in [-0.15, -0.1) is 22.7 Å². The van der Waals surface area contributed by atoms with Crippen LogP contribution < -0.4 is 42.0 Å². The smallest absolute Gasteiger partial charge is 0.328 e. The number of benzene rings is 8. The van der Waals surface area contributed by atoms with Crippen molar-refractivity contribution in [2.24, 2.45) is 0 Å². The van der Waals surface area contributed by atoms with Crippen LogP contribution in [-0.2, 0) is 10.8 Å². The quantitative estimate of drug-likeness (QED) is 0.0395. The van der Waals surface area contributed by atoms with Gasteiger partial charge in [-0.05, 0) is 119 Å². The third-order valence-corrected chi connectivity index (χ3v) is 20.6. The van der Waals surface area contributed by atoms with E-state index in [0.717, 1.165) is 113 Å². The summed E-state index contributed by atoms with van der Waals surface area (Å²) in [6.07, 6.45) is 13.9. The van der Waals surface area contributed by atoms with Crippen LogP contribution in [0.3, 0.4) is 0 Å². The van der Waals surface area contributed by atoms with Crippen molar-refractivity contribution in [3.63, 3.8) is 0 Å². The zero-order chi connectivity index (χ0) is 66.8. The van der Waals surface area contributed by atoms with Gasteiger partial charge in [-0.3, -0.25) is 0 Å². The fourth-order valence-corrected chi connectivity index (χ4v) is 15.5. The van der Waals surface area contributed by atoms with E-state index in [2.05, 4.69) is 283 Å². The van der Waals surface area contributed by atoms with Crippen molar-refractivity contribution >= 4 is 101 Å². The van der Waals surface area contributed by atoms with Crippen LogP contribution in [0.1, 0.15) is 154 Å². The van der Waals surface area contributed by atoms with E-state index >= 15 is 0 Å². The Morgan fingerprint density at radius 2 is 0.740 bits per heavy atom. The molecule has 0 unspecified atom stereocenters. The molecule has 0 saturated heterocycles. The van der Waals surface area contributed by atoms with Gasteiger partial charge in [-0.1, -0.05) is 275 Å². The number of hydrogen-bond acceptors (Lipinski definition) is 8. The Bertz CT molecular complexity index is 4450. The minimum Gasteiger partial charge on any atom is -0.494 e. The summed E-state index contributed by atoms with van der Waals surface area (Å²) >= 11 is 3.10. The zero-order valence-corrected chi connectivity index (χ0v) is 58.6. The normalized spacial score (nSPS) is 12.4. The molecule has 0 fully saturated rings. The van der Waals surface area contributed by atoms with Gasteiger partial charge in [0.05, 0.1) is 44.3 Å². The van der Waals surface area contributed by atoms with Gasteiger partial charge in [0.25, 0.3) is 0 Å². The van der Waals surface area contributed by atoms with Gasteiger partial charge in [0.15, 0.2) is 0 Å². The van der Waals surface area contributed by atoms with E-state index in [1.807, 2.05) is 0 Å². The van der Waals surface area contributed by atoms with E-state index in [-0.39, 0.29) is 10.8 Å². The average molecular weight is 1300 g/mol. The van der Waals surface area contributed by atoms with Crippen LogP contribution in [0, 0.1) is 22.7 Å². The van der Waals surface area contributed by atoms with Gasteiger partial charge < -0.3 is 18.4 Å². The highest BCUT2D eigenvalue weighted by Crippen LogP contribution is 2.40. The first-order valence-corrected chi connectivity index (χ1v) is 36.3. The number of ether oxygens (including phenoxy) is 2. The van der Waals surface area contributed by atoms with Crippen LogP contribution in [-0.4, -0.2) is 45.8 Å². The predicted molar refractivity (Wildman–Crippen MR) is 407 cm³/mol. The van der Waals surface area contributed by atoms with Crippen LogP contribution in [0.2, 0.25) is 0 Å². The number of nitrogens with zero attached hydrogens (tertiary/aromatic N) is 6. The number of fused-ring (bicyclic) bond motifs is 3. The minimum atomic E-state index is -0.534. The predicted octanol–water partition coefficient (Wildman–Crippen LogP) is 17.8. The second-order valence-electron chi connectivity index (χ2n) is 27.5. The minimum absolute atomic E-state index is 0.131. The average Bonchev–Trinajstić information content (AvgIpc) is 1.52. The molecule has 8 aromatic carbocycles. The monoisotopic (exact) mass is 1300 g/mol. The lowest BCUT2D eigenvalue weighted by Crippen LogP contribution is -2.54. The lowest BCUT2D eigenvalue weighted by molar-refractivity contribution is 0.304. The first kappa shape index (κ1) is 66.8. The summed E-state index contributed by atoms with van der Waals surface area (Å²) < 4.78 is 20.1. The van der Waals surface area contributed by atoms with E-state index in [4.69, 9.17) is 19.4 Å². The number of thiazole rings is 2. The third-order valence-electron chi connectivity index (χ3n) is 18.6. The fraction of sp³-hybridized carbons (Fsp3) is 0.286. The van der Waals surface area contributed by atoms with E-state index in [9.17, 15) is 10.5 Å². The number of aromatic nitrogens is 4. The highest BCUT2D eigenvalue weighted by atomic mass is 32.1. The van der Waals surface area contributed by atoms with Crippen LogP contribution in [0.15, 0.2) is 206 Å². The molecule has 12 heteroatoms. The second-order valence-corrected chi connectivity index (χ2v) is 29.6. The van der Waals surface area contributed by atoms with Crippen LogP contribution in [0.5, 0.6) is 11.5 Å². The van der Waals surface area contributed by atoms with Crippen molar-refractivity contribution < 1.29 is 9.47 Å². The van der Waals surface area contributed by atoms with Crippen molar-refractivity contribution in [2.75, 3.05) is 13.2 Å². The maximum Gasteiger partial charge on any atom is 0.328 e. The molecule has 482 valence electrons. The van der Waals surface area contributed by atoms with Crippen molar-refractivity contribution in [2.45, 2.75) is 143 Å². The molecular formula is C84H86B2N6O2S2. The number of rotatable bonds is 26. The largest absolute Gasteiger partial charge is 0.494 e. The molecule has 8 nitrogen and oxygen atoms in total. The topological polar surface area (TPSA) is 102 Å². The zero-order valence-electron chi connectivity index (χ0n) is 57.0. The fourth-order valence-electron chi connectivity index (χ4n) is 13.5. The lowest BCUT2D eigenvalue weighted by atomic mass is 9.50. The van der Waals surface area contributed by atoms with Gasteiger partial charge >= 0.3 is 13.7 Å². The summed E-state index contributed by atoms with van der Waals surface area (Å²) in [4.78, 5) is 11.0. The molecule has 12 rings (SSSR count). The molecule has 4 heterocycles. The van der Waals surface area contributed by atoms with Gasteiger partial charge in [0.1, 0.15) is 44.8 Å². The van der Waals surface area contributed by atoms with Crippen molar-refractivity contribution in [1.82, 2.24) is 18.9 Å². The first-order chi connectivity index (χ1) is 46.8. The van der Waals surface area contributed by atoms with Crippen LogP contribution in [0.25, 0.3) is 64.9 Å². The van der Waals surface area contributed by atoms with E-state index in [1.54, 1.807) is 22.7 Å². The molecule has 0 N–H and O–H groups in total. The highest BCUT2D eigenvalue weighted by Gasteiger charge is 2.38. The molecule has 96 heavy (non-hydrogen) atoms. The van der Waals surface area contributed by atoms with Crippen LogP contribution >= 0.6 is 22.7 Å². The molecule has 0 aliphatic carbocycles. The SMILES string of the molecule is CCCCCCCCOc1ccc(-c2c3/c(=C(\C#N)c4nc5ccc(C(C)(C)C)cc5s4)n(B(c4ccccc4)c4ccccc4)c(-c4ccc(OCCCCCCCC)cc4)c3/c(=C(\C#N)c3nc4ccc(C(C)(C)C)cc4s3)n2B(c2ccccc2)c2ccccc2)cc1. The maximum absolute atomic E-state index is 12.7. The molecule has 0 saturated carbocycles. The molecule has 0 radical (unpaired) electrons. The van der Waals surface area contributed by atoms with Crippen LogP contribution in [0.4, 0.5) is 0 Å². The Morgan fingerprint density at radius 1 is 0.417 bits per heavy atom. The summed E-state index contributed by atoms with van der Waals surface area (Å²) in [7, 11) is 0. The Labute approximate surface area is 576 Å². The summed E-state index contributed by atoms with van der Waals surface area (Å²) in [5.74, 6) is 1.55. The van der Waals surface area contributed by atoms with Crippen molar-refractivity contribution in [1.29, 1.82) is 10.5 Å². The van der Waals surface area contributed by atoms with Crippen molar-refractivity contribution in [3.8, 4) is 46.2 Å². The Hall–Kier alpha value is -9.19. The van der Waals surface area contributed by atoms with E-state index < -0.39 is 13.7 Å². The van der Waals surface area contributed by atoms with Gasteiger partial charge in [0.2, 0.25) is 0 Å². The molecule has 0 atom stereocenters. The second kappa shape index (κ2) is 30.3. The Balaban J connectivity index is 1.31. The Kier molecular flexibility index (Phi) is 21.1. The summed E-state index contributed by atoms with van der Waals surface area (Å²) in [6, 6.07) is 78.6. The standard InChI is InChI=1S/C84H86B2N6O2S2/c1-9-11-13-15-17-31-53-93-67-47-41-59(42-48-67)77-75-76(80(91(77)85(63-33-23-19-24-34-63)64-35-25-20-26-36-64)70(58-88)82-90-72-52-46-62(84(6,7)8)56-74(72)96-82)78(60-43-49-68(50-44-60)94-54-32-18-16-14-12-10-2)92(86(65-37-27-21-28-38-65)66-39-29-22-30-40-66)79(75)69(57-87)81-89-71-51-45-61(83(3,4)5)55-73(71)95-81/h19-30,33-52,55-56H,9-18,31-32,53-54H2,1-8H3/b79-69-,80-70-. The Morgan fingerprint density at radius 3 is 1.05 bits per heavy atom. The van der Waals surface area contributed by atoms with Gasteiger partial charge in [0, 0.05) is 22.2 Å². The molecule has 0 amide bonds. The van der Waals surface area contributed by atoms with Gasteiger partial charge in [-0.2, -0.15) is 10.5 Å². The number of hydrogen-bond donors (Lipinski definition) is 0. The highest BCUT2D eigenvalue weighted by molar-refractivity contribution is 7.20. The summed E-state index contributed by atoms with van der Waals surface area (Å²) in [6.45, 7) is 18.1. The number of nitriles is 2. The third kappa shape index (κ3) is 14.5. The molecule has 0 spiro atoms. The molecule has 4 aromatic heterocycles. The number of unbranched alkanes of at least 4 members (excludes halogenated alkanes) is 10. The molecule has 0 bridgehead atoms. The summed E-state index contributed by atoms with van der Waals surface area (Å²) in [5, 5.41) is 29.5. The molecule has 0 aliphatic heterocycles. The maximum atomic E-state index is 12.7. The first-order valence-electron chi connectivity index (χ1n) is 34.6. The molecular weight excluding hydrogens is 1210 g/mol. The van der Waals surface area contributed by atoms with E-state index in [1.165, 1.54) is 62.5 Å². The molecule has 12 aromatic rings. The van der Waals surface area contributed by atoms with Gasteiger partial charge in [-0.25, -0.2) is 9.97 Å². The molecule has 0 aliphatic rings. The van der Waals surface area contributed by atoms with Crippen molar-refractivity contribution in [3.05, 3.63) is 238 Å². The van der Waals surface area contributed by atoms with E-state index in [0.29, 0.717) is 45.1 Å². The summed E-state index contributed by atoms with van der Waals surface area (Å²) in [5.41, 5.74) is 12.0.